The number of carbonyl (C=O) groups is 1. The summed E-state index contributed by atoms with van der Waals surface area (Å²) in [6.07, 6.45) is 0. The Hall–Kier alpha value is -1.95. The molecule has 1 aromatic rings. The van der Waals surface area contributed by atoms with Gasteiger partial charge in [0.25, 0.3) is 5.91 Å². The number of allylic oxidation sites excluding steroid dienone is 1. The molecule has 0 spiro atoms. The van der Waals surface area contributed by atoms with Gasteiger partial charge in [0, 0.05) is 18.3 Å². The van der Waals surface area contributed by atoms with Gasteiger partial charge in [0.2, 0.25) is 0 Å². The molecule has 0 saturated carbocycles. The molecule has 1 heterocycles. The Morgan fingerprint density at radius 3 is 2.74 bits per heavy atom. The second-order valence-corrected chi connectivity index (χ2v) is 4.58. The number of rotatable bonds is 2. The van der Waals surface area contributed by atoms with Gasteiger partial charge in [-0.25, -0.2) is 4.39 Å². The smallest absolute Gasteiger partial charge is 0.251 e. The molecule has 0 unspecified atom stereocenters. The molecule has 1 atom stereocenters. The van der Waals surface area contributed by atoms with Crippen molar-refractivity contribution in [1.29, 1.82) is 0 Å². The lowest BCUT2D eigenvalue weighted by atomic mass is 9.94. The van der Waals surface area contributed by atoms with Gasteiger partial charge in [0.15, 0.2) is 5.11 Å². The summed E-state index contributed by atoms with van der Waals surface area (Å²) < 4.78 is 13.9. The van der Waals surface area contributed by atoms with Crippen molar-refractivity contribution in [1.82, 2.24) is 16.0 Å². The molecule has 6 heteroatoms. The zero-order valence-electron chi connectivity index (χ0n) is 10.6. The molecule has 1 amide bonds. The van der Waals surface area contributed by atoms with Crippen molar-refractivity contribution in [2.45, 2.75) is 13.0 Å². The summed E-state index contributed by atoms with van der Waals surface area (Å²) in [7, 11) is 1.54. The van der Waals surface area contributed by atoms with E-state index in [1.165, 1.54) is 13.1 Å². The molecule has 1 aliphatic rings. The van der Waals surface area contributed by atoms with Crippen molar-refractivity contribution < 1.29 is 9.18 Å². The lowest BCUT2D eigenvalue weighted by Crippen LogP contribution is -2.46. The van der Waals surface area contributed by atoms with Crippen LogP contribution >= 0.6 is 12.2 Å². The van der Waals surface area contributed by atoms with Crippen LogP contribution in [0.2, 0.25) is 0 Å². The van der Waals surface area contributed by atoms with Gasteiger partial charge < -0.3 is 16.0 Å². The van der Waals surface area contributed by atoms with Crippen LogP contribution in [0.25, 0.3) is 0 Å². The quantitative estimate of drug-likeness (QED) is 0.716. The van der Waals surface area contributed by atoms with Crippen LogP contribution in [-0.2, 0) is 4.79 Å². The molecule has 2 rings (SSSR count). The van der Waals surface area contributed by atoms with Gasteiger partial charge in [0.1, 0.15) is 5.82 Å². The Morgan fingerprint density at radius 2 is 2.11 bits per heavy atom. The maximum Gasteiger partial charge on any atom is 0.251 e. The fourth-order valence-electron chi connectivity index (χ4n) is 2.07. The lowest BCUT2D eigenvalue weighted by molar-refractivity contribution is -0.117. The Morgan fingerprint density at radius 1 is 1.42 bits per heavy atom. The van der Waals surface area contributed by atoms with Gasteiger partial charge in [-0.1, -0.05) is 18.2 Å². The molecule has 0 aliphatic carbocycles. The third-order valence-corrected chi connectivity index (χ3v) is 3.18. The topological polar surface area (TPSA) is 53.2 Å². The predicted molar refractivity (Wildman–Crippen MR) is 74.8 cm³/mol. The second-order valence-electron chi connectivity index (χ2n) is 4.17. The fourth-order valence-corrected chi connectivity index (χ4v) is 2.34. The minimum absolute atomic E-state index is 0.270. The van der Waals surface area contributed by atoms with Crippen molar-refractivity contribution in [3.63, 3.8) is 0 Å². The maximum atomic E-state index is 13.9. The molecule has 4 nitrogen and oxygen atoms in total. The molecule has 0 aromatic heterocycles. The van der Waals surface area contributed by atoms with Crippen molar-refractivity contribution in [2.24, 2.45) is 0 Å². The van der Waals surface area contributed by atoms with Crippen LogP contribution in [0.3, 0.4) is 0 Å². The summed E-state index contributed by atoms with van der Waals surface area (Å²) in [6.45, 7) is 1.74. The van der Waals surface area contributed by atoms with E-state index >= 15 is 0 Å². The van der Waals surface area contributed by atoms with Gasteiger partial charge in [-0.05, 0) is 25.2 Å². The zero-order valence-corrected chi connectivity index (χ0v) is 11.4. The average Bonchev–Trinajstić information content (AvgIpc) is 2.37. The van der Waals surface area contributed by atoms with E-state index in [9.17, 15) is 9.18 Å². The maximum absolute atomic E-state index is 13.9. The van der Waals surface area contributed by atoms with Crippen molar-refractivity contribution >= 4 is 23.2 Å². The normalized spacial score (nSPS) is 18.7. The van der Waals surface area contributed by atoms with Crippen molar-refractivity contribution in [3.05, 3.63) is 46.9 Å². The molecule has 0 saturated heterocycles. The fraction of sp³-hybridized carbons (Fsp3) is 0.231. The van der Waals surface area contributed by atoms with Crippen molar-refractivity contribution in [3.8, 4) is 0 Å². The highest BCUT2D eigenvalue weighted by molar-refractivity contribution is 7.80. The molecular weight excluding hydrogens is 265 g/mol. The van der Waals surface area contributed by atoms with Gasteiger partial charge in [-0.3, -0.25) is 4.79 Å². The molecule has 1 aromatic carbocycles. The number of carbonyl (C=O) groups excluding carboxylic acids is 1. The minimum atomic E-state index is -0.588. The Kier molecular flexibility index (Phi) is 3.80. The molecule has 19 heavy (non-hydrogen) atoms. The first-order valence-electron chi connectivity index (χ1n) is 5.79. The third kappa shape index (κ3) is 2.58. The highest BCUT2D eigenvalue weighted by Crippen LogP contribution is 2.28. The van der Waals surface area contributed by atoms with Crippen LogP contribution < -0.4 is 16.0 Å². The van der Waals surface area contributed by atoms with Crippen LogP contribution in [-0.4, -0.2) is 18.1 Å². The predicted octanol–water partition coefficient (Wildman–Crippen LogP) is 1.36. The Labute approximate surface area is 116 Å². The molecule has 3 N–H and O–H groups in total. The van der Waals surface area contributed by atoms with E-state index in [1.54, 1.807) is 25.1 Å². The Balaban J connectivity index is 2.53. The number of thiocarbonyl (C=S) groups is 1. The summed E-state index contributed by atoms with van der Waals surface area (Å²) >= 11 is 5.07. The minimum Gasteiger partial charge on any atom is -0.355 e. The summed E-state index contributed by atoms with van der Waals surface area (Å²) in [5.41, 5.74) is 1.45. The summed E-state index contributed by atoms with van der Waals surface area (Å²) in [4.78, 5) is 12.0. The number of hydrogen-bond donors (Lipinski definition) is 3. The van der Waals surface area contributed by atoms with Gasteiger partial charge in [-0.2, -0.15) is 0 Å². The van der Waals surface area contributed by atoms with Gasteiger partial charge in [-0.15, -0.1) is 0 Å². The van der Waals surface area contributed by atoms with Crippen LogP contribution in [0.1, 0.15) is 18.5 Å². The van der Waals surface area contributed by atoms with E-state index in [0.29, 0.717) is 21.9 Å². The lowest BCUT2D eigenvalue weighted by Gasteiger charge is -2.30. The van der Waals surface area contributed by atoms with E-state index in [4.69, 9.17) is 12.2 Å². The molecule has 0 bridgehead atoms. The number of nitrogens with one attached hydrogen (secondary N) is 3. The molecular formula is C13H14FN3OS. The third-order valence-electron chi connectivity index (χ3n) is 2.96. The number of hydrogen-bond acceptors (Lipinski definition) is 2. The van der Waals surface area contributed by atoms with Crippen LogP contribution in [0.15, 0.2) is 35.5 Å². The molecule has 0 radical (unpaired) electrons. The number of amides is 1. The first-order valence-corrected chi connectivity index (χ1v) is 6.20. The van der Waals surface area contributed by atoms with E-state index in [0.717, 1.165) is 0 Å². The SMILES string of the molecule is CNC(=O)C1=C(C)NC(=S)N[C@H]1c1ccccc1F. The number of benzene rings is 1. The highest BCUT2D eigenvalue weighted by atomic mass is 32.1. The van der Waals surface area contributed by atoms with Crippen LogP contribution in [0.4, 0.5) is 4.39 Å². The molecule has 100 valence electrons. The summed E-state index contributed by atoms with van der Waals surface area (Å²) in [6, 6.07) is 5.74. The van der Waals surface area contributed by atoms with Gasteiger partial charge in [0.05, 0.1) is 11.6 Å². The van der Waals surface area contributed by atoms with Gasteiger partial charge >= 0.3 is 0 Å². The highest BCUT2D eigenvalue weighted by Gasteiger charge is 2.30. The Bertz CT molecular complexity index is 571. The van der Waals surface area contributed by atoms with E-state index in [1.807, 2.05) is 0 Å². The largest absolute Gasteiger partial charge is 0.355 e. The first kappa shape index (κ1) is 13.5. The van der Waals surface area contributed by atoms with E-state index < -0.39 is 6.04 Å². The van der Waals surface area contributed by atoms with E-state index in [-0.39, 0.29) is 11.7 Å². The average molecular weight is 279 g/mol. The van der Waals surface area contributed by atoms with Crippen LogP contribution in [0, 0.1) is 5.82 Å². The number of halogens is 1. The summed E-state index contributed by atoms with van der Waals surface area (Å²) in [5, 5.41) is 8.74. The molecule has 1 aliphatic heterocycles. The molecule has 0 fully saturated rings. The van der Waals surface area contributed by atoms with Crippen LogP contribution in [0.5, 0.6) is 0 Å². The second kappa shape index (κ2) is 5.36. The van der Waals surface area contributed by atoms with Crippen molar-refractivity contribution in [2.75, 3.05) is 7.05 Å². The summed E-state index contributed by atoms with van der Waals surface area (Å²) in [5.74, 6) is -0.646. The number of likely N-dealkylation sites (N-methyl/N-ethyl adjacent to an activating group) is 1. The standard InChI is InChI=1S/C13H14FN3OS/c1-7-10(12(18)15-2)11(17-13(19)16-7)8-5-3-4-6-9(8)14/h3-6,11H,1-2H3,(H,15,18)(H2,16,17,19)/t11-/m0/s1. The first-order chi connectivity index (χ1) is 9.04. The van der Waals surface area contributed by atoms with E-state index in [2.05, 4.69) is 16.0 Å². The zero-order chi connectivity index (χ0) is 14.0. The monoisotopic (exact) mass is 279 g/mol.